The van der Waals surface area contributed by atoms with E-state index in [9.17, 15) is 10.1 Å². The van der Waals surface area contributed by atoms with E-state index < -0.39 is 5.92 Å². The molecule has 1 atom stereocenters. The van der Waals surface area contributed by atoms with Crippen LogP contribution in [0.4, 0.5) is 0 Å². The third kappa shape index (κ3) is 3.78. The number of aryl methyl sites for hydroxylation is 2. The number of hydrogen-bond donors (Lipinski definition) is 1. The normalized spacial score (nSPS) is 15.1. The lowest BCUT2D eigenvalue weighted by molar-refractivity contribution is 0.387. The molecule has 0 fully saturated rings. The van der Waals surface area contributed by atoms with Gasteiger partial charge in [-0.3, -0.25) is 4.79 Å². The molecule has 0 spiro atoms. The molecule has 0 radical (unpaired) electrons. The van der Waals surface area contributed by atoms with Gasteiger partial charge in [-0.05, 0) is 36.6 Å². The van der Waals surface area contributed by atoms with Crippen LogP contribution in [0.15, 0.2) is 76.9 Å². The van der Waals surface area contributed by atoms with Gasteiger partial charge in [0.25, 0.3) is 5.56 Å². The third-order valence-electron chi connectivity index (χ3n) is 5.58. The zero-order valence-corrected chi connectivity index (χ0v) is 17.5. The molecule has 0 aliphatic carbocycles. The molecule has 1 aliphatic heterocycles. The Bertz CT molecular complexity index is 1250. The first-order valence-electron chi connectivity index (χ1n) is 10.0. The number of rotatable bonds is 5. The van der Waals surface area contributed by atoms with Gasteiger partial charge < -0.3 is 19.8 Å². The minimum Gasteiger partial charge on any atom is -0.497 e. The molecule has 2 heterocycles. The maximum Gasteiger partial charge on any atom is 0.258 e. The van der Waals surface area contributed by atoms with Gasteiger partial charge in [-0.2, -0.15) is 5.26 Å². The van der Waals surface area contributed by atoms with Crippen molar-refractivity contribution in [3.63, 3.8) is 0 Å². The minimum absolute atomic E-state index is 0.0173. The average Bonchev–Trinajstić information content (AvgIpc) is 2.78. The van der Waals surface area contributed by atoms with Gasteiger partial charge in [0.05, 0.1) is 18.6 Å². The van der Waals surface area contributed by atoms with Crippen molar-refractivity contribution in [3.05, 3.63) is 105 Å². The molecule has 2 N–H and O–H groups in total. The number of pyridine rings is 1. The highest BCUT2D eigenvalue weighted by molar-refractivity contribution is 5.56. The van der Waals surface area contributed by atoms with Crippen molar-refractivity contribution in [3.8, 4) is 17.6 Å². The van der Waals surface area contributed by atoms with E-state index in [0.29, 0.717) is 30.0 Å². The van der Waals surface area contributed by atoms with Crippen LogP contribution < -0.4 is 20.8 Å². The zero-order valence-electron chi connectivity index (χ0n) is 17.5. The van der Waals surface area contributed by atoms with Crippen molar-refractivity contribution < 1.29 is 9.47 Å². The van der Waals surface area contributed by atoms with Crippen molar-refractivity contribution >= 4 is 0 Å². The minimum atomic E-state index is -0.625. The summed E-state index contributed by atoms with van der Waals surface area (Å²) in [5.41, 5.74) is 9.19. The highest BCUT2D eigenvalue weighted by Gasteiger charge is 2.34. The Labute approximate surface area is 180 Å². The molecule has 0 unspecified atom stereocenters. The number of nitriles is 1. The summed E-state index contributed by atoms with van der Waals surface area (Å²) in [6, 6.07) is 21.3. The van der Waals surface area contributed by atoms with Gasteiger partial charge in [-0.1, -0.05) is 42.5 Å². The second-order valence-corrected chi connectivity index (χ2v) is 7.46. The first-order chi connectivity index (χ1) is 15.0. The molecule has 6 heteroatoms. The number of fused-ring (bicyclic) bond motifs is 1. The summed E-state index contributed by atoms with van der Waals surface area (Å²) in [6.45, 7) is 2.39. The molecular formula is C25H23N3O3. The monoisotopic (exact) mass is 413 g/mol. The molecule has 156 valence electrons. The number of allylic oxidation sites excluding steroid dienone is 1. The Balaban J connectivity index is 1.84. The molecule has 31 heavy (non-hydrogen) atoms. The van der Waals surface area contributed by atoms with Crippen LogP contribution in [0.3, 0.4) is 0 Å². The number of ether oxygens (including phenoxy) is 2. The Morgan fingerprint density at radius 2 is 1.94 bits per heavy atom. The quantitative estimate of drug-likeness (QED) is 0.690. The van der Waals surface area contributed by atoms with Crippen LogP contribution >= 0.6 is 0 Å². The van der Waals surface area contributed by atoms with Crippen molar-refractivity contribution in [1.82, 2.24) is 4.57 Å². The Morgan fingerprint density at radius 3 is 2.65 bits per heavy atom. The summed E-state index contributed by atoms with van der Waals surface area (Å²) < 4.78 is 12.8. The summed E-state index contributed by atoms with van der Waals surface area (Å²) >= 11 is 0. The zero-order chi connectivity index (χ0) is 22.0. The molecule has 4 rings (SSSR count). The Kier molecular flexibility index (Phi) is 5.50. The molecule has 0 bridgehead atoms. The van der Waals surface area contributed by atoms with Crippen LogP contribution in [-0.4, -0.2) is 11.7 Å². The molecule has 0 saturated carbocycles. The van der Waals surface area contributed by atoms with E-state index in [1.54, 1.807) is 11.7 Å². The third-order valence-corrected chi connectivity index (χ3v) is 5.58. The lowest BCUT2D eigenvalue weighted by Gasteiger charge is -2.27. The molecule has 1 aliphatic rings. The van der Waals surface area contributed by atoms with Crippen LogP contribution in [0.1, 0.15) is 28.3 Å². The summed E-state index contributed by atoms with van der Waals surface area (Å²) in [5, 5.41) is 9.80. The number of aromatic nitrogens is 1. The first kappa shape index (κ1) is 20.3. The second-order valence-electron chi connectivity index (χ2n) is 7.46. The first-order valence-corrected chi connectivity index (χ1v) is 10.0. The second kappa shape index (κ2) is 8.41. The SMILES string of the molecule is COc1cccc([C@@H]2C(C#N)=C(N)Oc3cc(C)n(CCc4ccccc4)c(=O)c32)c1. The van der Waals surface area contributed by atoms with E-state index >= 15 is 0 Å². The highest BCUT2D eigenvalue weighted by atomic mass is 16.5. The topological polar surface area (TPSA) is 90.3 Å². The molecule has 2 aromatic carbocycles. The van der Waals surface area contributed by atoms with Crippen LogP contribution in [0.25, 0.3) is 0 Å². The molecule has 6 nitrogen and oxygen atoms in total. The van der Waals surface area contributed by atoms with Crippen molar-refractivity contribution in [2.45, 2.75) is 25.8 Å². The average molecular weight is 413 g/mol. The van der Waals surface area contributed by atoms with Gasteiger partial charge in [0.15, 0.2) is 0 Å². The fourth-order valence-electron chi connectivity index (χ4n) is 4.00. The Morgan fingerprint density at radius 1 is 1.16 bits per heavy atom. The van der Waals surface area contributed by atoms with Crippen molar-refractivity contribution in [2.24, 2.45) is 5.73 Å². The standard InChI is InChI=1S/C25H23N3O3/c1-16-13-21-23(25(29)28(16)12-11-17-7-4-3-5-8-17)22(20(15-26)24(27)31-21)18-9-6-10-19(14-18)30-2/h3-10,13-14,22H,11-12,27H2,1-2H3/t22-/m1/s1. The molecule has 0 saturated heterocycles. The summed E-state index contributed by atoms with van der Waals surface area (Å²) in [5.74, 6) is 0.421. The van der Waals surface area contributed by atoms with E-state index in [0.717, 1.165) is 16.8 Å². The lowest BCUT2D eigenvalue weighted by Crippen LogP contribution is -2.33. The largest absolute Gasteiger partial charge is 0.497 e. The summed E-state index contributed by atoms with van der Waals surface area (Å²) in [4.78, 5) is 13.6. The van der Waals surface area contributed by atoms with E-state index in [1.807, 2.05) is 67.6 Å². The van der Waals surface area contributed by atoms with Crippen LogP contribution in [0.5, 0.6) is 11.5 Å². The number of nitrogens with zero attached hydrogens (tertiary/aromatic N) is 2. The number of hydrogen-bond acceptors (Lipinski definition) is 5. The van der Waals surface area contributed by atoms with Crippen molar-refractivity contribution in [2.75, 3.05) is 7.11 Å². The predicted molar refractivity (Wildman–Crippen MR) is 118 cm³/mol. The lowest BCUT2D eigenvalue weighted by atomic mass is 9.84. The summed E-state index contributed by atoms with van der Waals surface area (Å²) in [6.07, 6.45) is 0.716. The smallest absolute Gasteiger partial charge is 0.258 e. The highest BCUT2D eigenvalue weighted by Crippen LogP contribution is 2.41. The van der Waals surface area contributed by atoms with E-state index in [1.165, 1.54) is 0 Å². The number of nitrogens with two attached hydrogens (primary N) is 1. The maximum atomic E-state index is 13.6. The van der Waals surface area contributed by atoms with E-state index in [4.69, 9.17) is 15.2 Å². The summed E-state index contributed by atoms with van der Waals surface area (Å²) in [7, 11) is 1.58. The van der Waals surface area contributed by atoms with Crippen LogP contribution in [0.2, 0.25) is 0 Å². The number of methoxy groups -OCH3 is 1. The van der Waals surface area contributed by atoms with E-state index in [-0.39, 0.29) is 17.0 Å². The van der Waals surface area contributed by atoms with Crippen molar-refractivity contribution in [1.29, 1.82) is 5.26 Å². The van der Waals surface area contributed by atoms with Gasteiger partial charge in [0.1, 0.15) is 23.1 Å². The van der Waals surface area contributed by atoms with Gasteiger partial charge in [0, 0.05) is 18.3 Å². The number of benzene rings is 2. The molecule has 1 aromatic heterocycles. The molecule has 3 aromatic rings. The maximum absolute atomic E-state index is 13.6. The van der Waals surface area contributed by atoms with Gasteiger partial charge >= 0.3 is 0 Å². The molecular weight excluding hydrogens is 390 g/mol. The fraction of sp³-hybridized carbons (Fsp3) is 0.200. The van der Waals surface area contributed by atoms with Crippen LogP contribution in [0, 0.1) is 18.3 Å². The van der Waals surface area contributed by atoms with Gasteiger partial charge in [0.2, 0.25) is 5.88 Å². The fourth-order valence-corrected chi connectivity index (χ4v) is 4.00. The van der Waals surface area contributed by atoms with E-state index in [2.05, 4.69) is 6.07 Å². The van der Waals surface area contributed by atoms with Gasteiger partial charge in [-0.25, -0.2) is 0 Å². The van der Waals surface area contributed by atoms with Crippen LogP contribution in [-0.2, 0) is 13.0 Å². The predicted octanol–water partition coefficient (Wildman–Crippen LogP) is 3.63. The van der Waals surface area contributed by atoms with Gasteiger partial charge in [-0.15, -0.1) is 0 Å². The Hall–Kier alpha value is -3.98. The molecule has 0 amide bonds.